The van der Waals surface area contributed by atoms with Gasteiger partial charge in [-0.05, 0) is 42.8 Å². The Hall–Kier alpha value is -4.34. The molecule has 0 aliphatic heterocycles. The molecule has 2 heterocycles. The molecule has 5 aromatic rings. The second-order valence-electron chi connectivity index (χ2n) is 8.76. The van der Waals surface area contributed by atoms with E-state index in [0.717, 1.165) is 11.1 Å². The van der Waals surface area contributed by atoms with Crippen LogP contribution in [0.1, 0.15) is 11.1 Å². The summed E-state index contributed by atoms with van der Waals surface area (Å²) in [5, 5.41) is 2.81. The van der Waals surface area contributed by atoms with Gasteiger partial charge in [-0.1, -0.05) is 60.2 Å². The minimum atomic E-state index is -4.10. The van der Waals surface area contributed by atoms with E-state index in [9.17, 15) is 13.2 Å². The van der Waals surface area contributed by atoms with Crippen molar-refractivity contribution in [3.63, 3.8) is 0 Å². The SMILES string of the molecule is COCCn1c(NC(=O)/C=C/c2ccccc2)c(S(=O)(=O)c2ccc(C)cc2)c2nc3ccccc3nc21. The molecule has 0 unspecified atom stereocenters. The van der Waals surface area contributed by atoms with Crippen molar-refractivity contribution in [3.05, 3.63) is 96.1 Å². The molecular formula is C29H26N4O4S. The number of fused-ring (bicyclic) bond motifs is 2. The Balaban J connectivity index is 1.74. The van der Waals surface area contributed by atoms with Gasteiger partial charge in [-0.15, -0.1) is 0 Å². The number of carbonyl (C=O) groups excluding carboxylic acids is 1. The number of aryl methyl sites for hydroxylation is 1. The molecule has 8 nitrogen and oxygen atoms in total. The zero-order chi connectivity index (χ0) is 26.7. The second-order valence-corrected chi connectivity index (χ2v) is 10.6. The Bertz CT molecular complexity index is 1760. The van der Waals surface area contributed by atoms with Crippen LogP contribution in [0.25, 0.3) is 28.3 Å². The number of para-hydroxylation sites is 2. The van der Waals surface area contributed by atoms with E-state index in [0.29, 0.717) is 16.7 Å². The first-order valence-corrected chi connectivity index (χ1v) is 13.5. The van der Waals surface area contributed by atoms with Gasteiger partial charge in [0, 0.05) is 19.7 Å². The molecule has 2 aromatic heterocycles. The largest absolute Gasteiger partial charge is 0.383 e. The van der Waals surface area contributed by atoms with E-state index in [-0.39, 0.29) is 34.3 Å². The number of aromatic nitrogens is 3. The Morgan fingerprint density at radius 3 is 2.29 bits per heavy atom. The molecule has 38 heavy (non-hydrogen) atoms. The molecule has 0 saturated heterocycles. The summed E-state index contributed by atoms with van der Waals surface area (Å²) in [5.41, 5.74) is 3.45. The lowest BCUT2D eigenvalue weighted by Gasteiger charge is -2.12. The van der Waals surface area contributed by atoms with Crippen molar-refractivity contribution in [2.75, 3.05) is 19.0 Å². The average Bonchev–Trinajstić information content (AvgIpc) is 3.22. The molecule has 0 saturated carbocycles. The topological polar surface area (TPSA) is 103 Å². The number of hydrogen-bond acceptors (Lipinski definition) is 6. The van der Waals surface area contributed by atoms with Crippen LogP contribution >= 0.6 is 0 Å². The third-order valence-electron chi connectivity index (χ3n) is 6.10. The maximum Gasteiger partial charge on any atom is 0.249 e. The number of carbonyl (C=O) groups is 1. The highest BCUT2D eigenvalue weighted by Crippen LogP contribution is 2.37. The van der Waals surface area contributed by atoms with Gasteiger partial charge in [0.1, 0.15) is 16.2 Å². The van der Waals surface area contributed by atoms with E-state index in [1.165, 1.54) is 6.08 Å². The maximum absolute atomic E-state index is 14.1. The van der Waals surface area contributed by atoms with Crippen molar-refractivity contribution < 1.29 is 17.9 Å². The third kappa shape index (κ3) is 4.93. The van der Waals surface area contributed by atoms with Gasteiger partial charge in [0.25, 0.3) is 0 Å². The van der Waals surface area contributed by atoms with Crippen LogP contribution in [-0.4, -0.2) is 42.6 Å². The number of sulfone groups is 1. The summed E-state index contributed by atoms with van der Waals surface area (Å²) < 4.78 is 35.1. The fourth-order valence-electron chi connectivity index (χ4n) is 4.18. The summed E-state index contributed by atoms with van der Waals surface area (Å²) >= 11 is 0. The summed E-state index contributed by atoms with van der Waals surface area (Å²) in [6.45, 7) is 2.40. The van der Waals surface area contributed by atoms with Crippen molar-refractivity contribution in [1.82, 2.24) is 14.5 Å². The van der Waals surface area contributed by atoms with Crippen molar-refractivity contribution in [3.8, 4) is 0 Å². The lowest BCUT2D eigenvalue weighted by atomic mass is 10.2. The Kier molecular flexibility index (Phi) is 7.04. The van der Waals surface area contributed by atoms with Crippen molar-refractivity contribution in [2.24, 2.45) is 0 Å². The number of anilines is 1. The van der Waals surface area contributed by atoms with E-state index < -0.39 is 15.7 Å². The minimum Gasteiger partial charge on any atom is -0.383 e. The van der Waals surface area contributed by atoms with Gasteiger partial charge in [-0.3, -0.25) is 4.79 Å². The van der Waals surface area contributed by atoms with Gasteiger partial charge in [0.2, 0.25) is 15.7 Å². The molecule has 192 valence electrons. The lowest BCUT2D eigenvalue weighted by molar-refractivity contribution is -0.111. The molecule has 0 fully saturated rings. The first-order valence-electron chi connectivity index (χ1n) is 12.0. The highest BCUT2D eigenvalue weighted by molar-refractivity contribution is 7.92. The van der Waals surface area contributed by atoms with Crippen molar-refractivity contribution >= 4 is 49.8 Å². The molecule has 1 amide bonds. The van der Waals surface area contributed by atoms with E-state index in [1.54, 1.807) is 48.1 Å². The monoisotopic (exact) mass is 526 g/mol. The number of rotatable bonds is 8. The Morgan fingerprint density at radius 1 is 0.947 bits per heavy atom. The number of hydrogen-bond donors (Lipinski definition) is 1. The Morgan fingerprint density at radius 2 is 1.61 bits per heavy atom. The van der Waals surface area contributed by atoms with Crippen LogP contribution in [0.15, 0.2) is 94.7 Å². The predicted octanol–water partition coefficient (Wildman–Crippen LogP) is 5.02. The van der Waals surface area contributed by atoms with Crippen molar-refractivity contribution in [1.29, 1.82) is 0 Å². The Labute approximate surface area is 220 Å². The first kappa shape index (κ1) is 25.3. The standard InChI is InChI=1S/C29H26N4O4S/c1-20-12-15-22(16-13-20)38(35,36)27-26-28(31-24-11-7-6-10-23(24)30-26)33(18-19-37-2)29(27)32-25(34)17-14-21-8-4-3-5-9-21/h3-17H,18-19H2,1-2H3,(H,32,34)/b17-14+. The summed E-state index contributed by atoms with van der Waals surface area (Å²) in [6, 6.07) is 23.2. The van der Waals surface area contributed by atoms with E-state index >= 15 is 0 Å². The highest BCUT2D eigenvalue weighted by atomic mass is 32.2. The zero-order valence-corrected chi connectivity index (χ0v) is 21.8. The fourth-order valence-corrected chi connectivity index (χ4v) is 5.72. The van der Waals surface area contributed by atoms with Gasteiger partial charge in [-0.25, -0.2) is 18.4 Å². The molecule has 0 atom stereocenters. The van der Waals surface area contributed by atoms with Crippen LogP contribution in [0.2, 0.25) is 0 Å². The fraction of sp³-hybridized carbons (Fsp3) is 0.138. The second kappa shape index (κ2) is 10.6. The predicted molar refractivity (Wildman–Crippen MR) is 148 cm³/mol. The molecular weight excluding hydrogens is 500 g/mol. The van der Waals surface area contributed by atoms with Crippen LogP contribution < -0.4 is 5.32 Å². The minimum absolute atomic E-state index is 0.0932. The molecule has 3 aromatic carbocycles. The van der Waals surface area contributed by atoms with Crippen LogP contribution in [0.3, 0.4) is 0 Å². The molecule has 0 aliphatic rings. The van der Waals surface area contributed by atoms with E-state index in [4.69, 9.17) is 14.7 Å². The molecule has 0 aliphatic carbocycles. The van der Waals surface area contributed by atoms with Crippen LogP contribution in [0, 0.1) is 6.92 Å². The zero-order valence-electron chi connectivity index (χ0n) is 21.0. The van der Waals surface area contributed by atoms with Gasteiger partial charge in [0.15, 0.2) is 5.65 Å². The molecule has 1 N–H and O–H groups in total. The van der Waals surface area contributed by atoms with Crippen LogP contribution in [-0.2, 0) is 25.9 Å². The van der Waals surface area contributed by atoms with Crippen molar-refractivity contribution in [2.45, 2.75) is 23.3 Å². The number of methoxy groups -OCH3 is 1. The normalized spacial score (nSPS) is 11.9. The lowest BCUT2D eigenvalue weighted by Crippen LogP contribution is -2.17. The van der Waals surface area contributed by atoms with Gasteiger partial charge in [-0.2, -0.15) is 0 Å². The van der Waals surface area contributed by atoms with Gasteiger partial charge >= 0.3 is 0 Å². The smallest absolute Gasteiger partial charge is 0.249 e. The molecule has 5 rings (SSSR count). The van der Waals surface area contributed by atoms with Gasteiger partial charge in [0.05, 0.1) is 22.5 Å². The molecule has 0 bridgehead atoms. The summed E-state index contributed by atoms with van der Waals surface area (Å²) in [4.78, 5) is 22.5. The quantitative estimate of drug-likeness (QED) is 0.285. The number of nitrogens with one attached hydrogen (secondary N) is 1. The molecule has 9 heteroatoms. The van der Waals surface area contributed by atoms with Gasteiger partial charge < -0.3 is 14.6 Å². The average molecular weight is 527 g/mol. The summed E-state index contributed by atoms with van der Waals surface area (Å²) in [5.74, 6) is -0.393. The first-order chi connectivity index (χ1) is 18.4. The summed E-state index contributed by atoms with van der Waals surface area (Å²) in [7, 11) is -2.55. The van der Waals surface area contributed by atoms with Crippen LogP contribution in [0.5, 0.6) is 0 Å². The third-order valence-corrected chi connectivity index (χ3v) is 7.91. The molecule has 0 spiro atoms. The van der Waals surface area contributed by atoms with Crippen LogP contribution in [0.4, 0.5) is 5.82 Å². The molecule has 0 radical (unpaired) electrons. The van der Waals surface area contributed by atoms with E-state index in [2.05, 4.69) is 5.32 Å². The van der Waals surface area contributed by atoms with E-state index in [1.807, 2.05) is 55.5 Å². The maximum atomic E-state index is 14.1. The summed E-state index contributed by atoms with van der Waals surface area (Å²) in [6.07, 6.45) is 3.03. The highest BCUT2D eigenvalue weighted by Gasteiger charge is 2.32. The number of nitrogens with zero attached hydrogens (tertiary/aromatic N) is 3. The number of benzene rings is 3. The number of amides is 1. The number of ether oxygens (including phenoxy) is 1.